The minimum Gasteiger partial charge on any atom is -0.458 e. The van der Waals surface area contributed by atoms with Gasteiger partial charge in [0.2, 0.25) is 5.52 Å². The lowest BCUT2D eigenvalue weighted by Gasteiger charge is -2.22. The average Bonchev–Trinajstić information content (AvgIpc) is 2.88. The fourth-order valence-electron chi connectivity index (χ4n) is 3.71. The number of hydrogen-bond donors (Lipinski definition) is 2. The van der Waals surface area contributed by atoms with Gasteiger partial charge in [0.15, 0.2) is 6.20 Å². The number of aliphatic hydroxyl groups excluding tert-OH is 2. The molecule has 0 aliphatic carbocycles. The molecule has 0 radical (unpaired) electrons. The van der Waals surface area contributed by atoms with E-state index >= 15 is 0 Å². The first-order chi connectivity index (χ1) is 17.2. The Labute approximate surface area is 210 Å². The van der Waals surface area contributed by atoms with Gasteiger partial charge in [-0.1, -0.05) is 12.1 Å². The van der Waals surface area contributed by atoms with Crippen LogP contribution < -0.4 is 9.47 Å². The van der Waals surface area contributed by atoms with Crippen molar-refractivity contribution in [2.75, 3.05) is 43.6 Å². The Kier molecular flexibility index (Phi) is 10.9. The van der Waals surface area contributed by atoms with E-state index in [2.05, 4.69) is 20.9 Å². The van der Waals surface area contributed by atoms with Crippen LogP contribution in [0.4, 0.5) is 21.9 Å². The maximum atomic E-state index is 11.4. The van der Waals surface area contributed by atoms with Gasteiger partial charge in [0.1, 0.15) is 12.2 Å². The number of aromatic nitrogens is 1. The number of para-hydroxylation sites is 1. The maximum absolute atomic E-state index is 11.4. The number of nitrogens with zero attached hydrogens (tertiary/aromatic N) is 4. The van der Waals surface area contributed by atoms with Gasteiger partial charge in [0.05, 0.1) is 30.9 Å². The number of ether oxygens (including phenoxy) is 1. The van der Waals surface area contributed by atoms with E-state index in [9.17, 15) is 15.0 Å². The molecule has 0 aliphatic heterocycles. The van der Waals surface area contributed by atoms with Crippen molar-refractivity contribution >= 4 is 45.0 Å². The third-order valence-corrected chi connectivity index (χ3v) is 6.25. The molecule has 8 nitrogen and oxygen atoms in total. The summed E-state index contributed by atoms with van der Waals surface area (Å²) in [5.41, 5.74) is 3.52. The molecule has 0 spiro atoms. The van der Waals surface area contributed by atoms with Crippen molar-refractivity contribution in [2.24, 2.45) is 10.2 Å². The highest BCUT2D eigenvalue weighted by atomic mass is 32.2. The van der Waals surface area contributed by atoms with Gasteiger partial charge in [-0.2, -0.15) is 9.68 Å². The van der Waals surface area contributed by atoms with Crippen LogP contribution in [0.3, 0.4) is 0 Å². The zero-order valence-corrected chi connectivity index (χ0v) is 20.9. The number of unbranched alkanes of at least 4 members (excludes halogenated alkanes) is 1. The highest BCUT2D eigenvalue weighted by molar-refractivity contribution is 8.13. The molecule has 9 heteroatoms. The molecule has 186 valence electrons. The monoisotopic (exact) mass is 497 g/mol. The smallest absolute Gasteiger partial charge is 0.367 e. The SMILES string of the molecule is CCOC(=O)SCCCC[n+]1ccc(N=Nc2ccc(N(CCO)CCO)cc2)c2ccccc21. The molecular weight excluding hydrogens is 464 g/mol. The second kappa shape index (κ2) is 14.4. The van der Waals surface area contributed by atoms with Crippen LogP contribution >= 0.6 is 11.8 Å². The maximum Gasteiger partial charge on any atom is 0.367 e. The Morgan fingerprint density at radius 1 is 1.00 bits per heavy atom. The molecule has 2 aromatic carbocycles. The molecule has 0 saturated heterocycles. The zero-order chi connectivity index (χ0) is 24.9. The predicted octanol–water partition coefficient (Wildman–Crippen LogP) is 5.00. The van der Waals surface area contributed by atoms with Crippen molar-refractivity contribution < 1.29 is 24.3 Å². The Hall–Kier alpha value is -3.01. The molecule has 35 heavy (non-hydrogen) atoms. The molecule has 0 bridgehead atoms. The summed E-state index contributed by atoms with van der Waals surface area (Å²) < 4.78 is 7.15. The lowest BCUT2D eigenvalue weighted by molar-refractivity contribution is -0.671. The number of benzene rings is 2. The molecule has 1 aromatic heterocycles. The molecule has 3 aromatic rings. The molecule has 0 saturated carbocycles. The Balaban J connectivity index is 1.66. The number of carbonyl (C=O) groups excluding carboxylic acids is 1. The lowest BCUT2D eigenvalue weighted by atomic mass is 10.2. The predicted molar refractivity (Wildman–Crippen MR) is 140 cm³/mol. The molecular formula is C26H33N4O4S+. The van der Waals surface area contributed by atoms with Crippen LogP contribution in [-0.4, -0.2) is 54.2 Å². The van der Waals surface area contributed by atoms with Crippen LogP contribution in [0.15, 0.2) is 71.0 Å². The van der Waals surface area contributed by atoms with Gasteiger partial charge in [0.25, 0.3) is 0 Å². The van der Waals surface area contributed by atoms with Gasteiger partial charge in [-0.05, 0) is 55.4 Å². The number of hydrogen-bond acceptors (Lipinski definition) is 8. The highest BCUT2D eigenvalue weighted by Crippen LogP contribution is 2.27. The fraction of sp³-hybridized carbons (Fsp3) is 0.385. The molecule has 0 amide bonds. The van der Waals surface area contributed by atoms with E-state index < -0.39 is 0 Å². The fourth-order valence-corrected chi connectivity index (χ4v) is 4.42. The molecule has 2 N–H and O–H groups in total. The van der Waals surface area contributed by atoms with Gasteiger partial charge in [-0.3, -0.25) is 0 Å². The van der Waals surface area contributed by atoms with Crippen molar-refractivity contribution in [1.29, 1.82) is 0 Å². The number of rotatable bonds is 13. The lowest BCUT2D eigenvalue weighted by Crippen LogP contribution is -2.34. The van der Waals surface area contributed by atoms with E-state index in [-0.39, 0.29) is 18.5 Å². The number of azo groups is 1. The molecule has 0 unspecified atom stereocenters. The second-order valence-corrected chi connectivity index (χ2v) is 8.83. The quantitative estimate of drug-likeness (QED) is 0.149. The number of thioether (sulfide) groups is 1. The van der Waals surface area contributed by atoms with E-state index in [1.807, 2.05) is 66.6 Å². The van der Waals surface area contributed by atoms with Crippen LogP contribution in [0, 0.1) is 0 Å². The number of aryl methyl sites for hydroxylation is 1. The van der Waals surface area contributed by atoms with Gasteiger partial charge < -0.3 is 19.8 Å². The first-order valence-electron chi connectivity index (χ1n) is 11.9. The number of anilines is 1. The summed E-state index contributed by atoms with van der Waals surface area (Å²) in [6.45, 7) is 4.04. The summed E-state index contributed by atoms with van der Waals surface area (Å²) >= 11 is 1.23. The summed E-state index contributed by atoms with van der Waals surface area (Å²) in [6, 6.07) is 17.7. The minimum atomic E-state index is -0.206. The highest BCUT2D eigenvalue weighted by Gasteiger charge is 2.12. The zero-order valence-electron chi connectivity index (χ0n) is 20.0. The normalized spacial score (nSPS) is 11.3. The molecule has 3 rings (SSSR count). The summed E-state index contributed by atoms with van der Waals surface area (Å²) in [5, 5.41) is 28.2. The second-order valence-electron chi connectivity index (χ2n) is 7.80. The first-order valence-corrected chi connectivity index (χ1v) is 12.8. The molecule has 0 fully saturated rings. The van der Waals surface area contributed by atoms with Gasteiger partial charge in [0, 0.05) is 43.1 Å². The Morgan fingerprint density at radius 3 is 2.46 bits per heavy atom. The number of fused-ring (bicyclic) bond motifs is 1. The topological polar surface area (TPSA) is 98.6 Å². The summed E-state index contributed by atoms with van der Waals surface area (Å²) in [4.78, 5) is 13.4. The molecule has 1 heterocycles. The van der Waals surface area contributed by atoms with Crippen molar-refractivity contribution in [2.45, 2.75) is 26.3 Å². The molecule has 0 atom stereocenters. The van der Waals surface area contributed by atoms with E-state index in [1.165, 1.54) is 11.8 Å². The minimum absolute atomic E-state index is 0.0229. The van der Waals surface area contributed by atoms with Crippen LogP contribution in [0.25, 0.3) is 10.9 Å². The van der Waals surface area contributed by atoms with Crippen LogP contribution in [0.1, 0.15) is 19.8 Å². The van der Waals surface area contributed by atoms with Crippen LogP contribution in [0.5, 0.6) is 0 Å². The summed E-state index contributed by atoms with van der Waals surface area (Å²) in [7, 11) is 0. The van der Waals surface area contributed by atoms with Crippen molar-refractivity contribution in [3.63, 3.8) is 0 Å². The standard InChI is InChI=1S/C26H33N4O4S/c1-2-34-26(33)35-20-6-5-14-30-15-13-24(23-7-3-4-8-25(23)30)28-27-21-9-11-22(12-10-21)29(16-18-31)17-19-32/h3-4,7-13,15,31-32H,2,5-6,14,16-20H2,1H3/q+1. The number of pyridine rings is 1. The summed E-state index contributed by atoms with van der Waals surface area (Å²) in [6.07, 6.45) is 3.91. The van der Waals surface area contributed by atoms with E-state index in [1.54, 1.807) is 0 Å². The van der Waals surface area contributed by atoms with Gasteiger partial charge in [-0.15, -0.1) is 5.11 Å². The summed E-state index contributed by atoms with van der Waals surface area (Å²) in [5.74, 6) is 0.750. The largest absolute Gasteiger partial charge is 0.458 e. The van der Waals surface area contributed by atoms with Crippen molar-refractivity contribution in [1.82, 2.24) is 0 Å². The Morgan fingerprint density at radius 2 is 1.74 bits per heavy atom. The first kappa shape index (κ1) is 26.6. The number of carbonyl (C=O) groups is 1. The average molecular weight is 498 g/mol. The third kappa shape index (κ3) is 8.02. The van der Waals surface area contributed by atoms with Crippen LogP contribution in [0.2, 0.25) is 0 Å². The van der Waals surface area contributed by atoms with Crippen LogP contribution in [-0.2, 0) is 11.3 Å². The Bertz CT molecular complexity index is 1100. The molecule has 0 aliphatic rings. The van der Waals surface area contributed by atoms with Gasteiger partial charge in [-0.25, -0.2) is 4.79 Å². The number of aliphatic hydroxyl groups is 2. The van der Waals surface area contributed by atoms with E-state index in [0.29, 0.717) is 19.7 Å². The van der Waals surface area contributed by atoms with E-state index in [4.69, 9.17) is 4.74 Å². The van der Waals surface area contributed by atoms with Gasteiger partial charge >= 0.3 is 5.30 Å². The van der Waals surface area contributed by atoms with Crippen molar-refractivity contribution in [3.05, 3.63) is 60.8 Å². The van der Waals surface area contributed by atoms with Crippen molar-refractivity contribution in [3.8, 4) is 0 Å². The van der Waals surface area contributed by atoms with E-state index in [0.717, 1.165) is 53.1 Å². The third-order valence-electron chi connectivity index (χ3n) is 5.41.